The van der Waals surface area contributed by atoms with E-state index >= 15 is 0 Å². The van der Waals surface area contributed by atoms with Gasteiger partial charge in [0.15, 0.2) is 0 Å². The van der Waals surface area contributed by atoms with Crippen molar-refractivity contribution in [3.8, 4) is 11.8 Å². The first kappa shape index (κ1) is 28.5. The largest absolute Gasteiger partial charge is 0.477 e. The van der Waals surface area contributed by atoms with Crippen LogP contribution in [0.15, 0.2) is 24.3 Å². The Kier molecular flexibility index (Phi) is 8.93. The van der Waals surface area contributed by atoms with Crippen molar-refractivity contribution in [2.75, 3.05) is 10.6 Å². The SMILES string of the molecule is CC(C)C(=O)NC1CCC(N(C(=O)c2ccc(Cl)cc2N)c2cc(C#CC(C)(C)C)sc2C(=O)O)CC1. The molecular weight excluding hydrogens is 510 g/mol. The molecule has 0 aliphatic heterocycles. The molecule has 1 aliphatic carbocycles. The van der Waals surface area contributed by atoms with Gasteiger partial charge in [-0.15, -0.1) is 11.3 Å². The van der Waals surface area contributed by atoms with Gasteiger partial charge < -0.3 is 21.1 Å². The van der Waals surface area contributed by atoms with E-state index < -0.39 is 5.97 Å². The standard InChI is InChI=1S/C28H34ClN3O4S/c1-16(2)25(33)31-18-7-9-19(10-8-18)32(26(34)21-11-6-17(29)14-22(21)30)23-15-20(12-13-28(3,4)5)37-24(23)27(35)36/h6,11,14-16,18-19H,7-10,30H2,1-5H3,(H,31,33)(H,35,36). The molecule has 0 saturated heterocycles. The van der Waals surface area contributed by atoms with Crippen LogP contribution in [0.4, 0.5) is 11.4 Å². The molecule has 2 aromatic rings. The van der Waals surface area contributed by atoms with Crippen LogP contribution in [0.5, 0.6) is 0 Å². The van der Waals surface area contributed by atoms with Gasteiger partial charge in [0, 0.05) is 34.1 Å². The monoisotopic (exact) mass is 543 g/mol. The van der Waals surface area contributed by atoms with Crippen LogP contribution in [0, 0.1) is 23.2 Å². The average Bonchev–Trinajstić information content (AvgIpc) is 3.22. The second kappa shape index (κ2) is 11.6. The summed E-state index contributed by atoms with van der Waals surface area (Å²) in [6.07, 6.45) is 2.54. The molecule has 37 heavy (non-hydrogen) atoms. The fourth-order valence-electron chi connectivity index (χ4n) is 4.20. The van der Waals surface area contributed by atoms with E-state index in [9.17, 15) is 19.5 Å². The van der Waals surface area contributed by atoms with Crippen molar-refractivity contribution in [2.24, 2.45) is 11.3 Å². The second-order valence-corrected chi connectivity index (χ2v) is 12.2. The highest BCUT2D eigenvalue weighted by molar-refractivity contribution is 7.15. The lowest BCUT2D eigenvalue weighted by Gasteiger charge is -2.37. The van der Waals surface area contributed by atoms with Crippen LogP contribution < -0.4 is 16.0 Å². The minimum atomic E-state index is -1.12. The Bertz CT molecular complexity index is 1240. The number of nitrogens with one attached hydrogen (secondary N) is 1. The Morgan fingerprint density at radius 3 is 2.35 bits per heavy atom. The molecule has 0 atom stereocenters. The lowest BCUT2D eigenvalue weighted by molar-refractivity contribution is -0.124. The van der Waals surface area contributed by atoms with E-state index in [0.29, 0.717) is 41.3 Å². The van der Waals surface area contributed by atoms with Gasteiger partial charge in [0.1, 0.15) is 4.88 Å². The molecule has 1 saturated carbocycles. The third kappa shape index (κ3) is 7.27. The summed E-state index contributed by atoms with van der Waals surface area (Å²) >= 11 is 7.11. The molecule has 1 aromatic heterocycles. The van der Waals surface area contributed by atoms with Gasteiger partial charge in [0.25, 0.3) is 5.91 Å². The number of thiophene rings is 1. The van der Waals surface area contributed by atoms with E-state index in [1.807, 2.05) is 34.6 Å². The van der Waals surface area contributed by atoms with Crippen molar-refractivity contribution >= 4 is 52.1 Å². The lowest BCUT2D eigenvalue weighted by atomic mass is 9.89. The van der Waals surface area contributed by atoms with Crippen molar-refractivity contribution < 1.29 is 19.5 Å². The molecule has 0 spiro atoms. The average molecular weight is 544 g/mol. The van der Waals surface area contributed by atoms with E-state index in [-0.39, 0.29) is 51.4 Å². The first-order valence-electron chi connectivity index (χ1n) is 12.4. The summed E-state index contributed by atoms with van der Waals surface area (Å²) < 4.78 is 0. The van der Waals surface area contributed by atoms with Crippen molar-refractivity contribution in [3.05, 3.63) is 44.6 Å². The third-order valence-corrected chi connectivity index (χ3v) is 7.39. The number of benzene rings is 1. The smallest absolute Gasteiger partial charge is 0.348 e. The topological polar surface area (TPSA) is 113 Å². The quantitative estimate of drug-likeness (QED) is 0.314. The molecule has 3 rings (SSSR count). The maximum Gasteiger partial charge on any atom is 0.348 e. The third-order valence-electron chi connectivity index (χ3n) is 6.12. The van der Waals surface area contributed by atoms with E-state index in [0.717, 1.165) is 11.3 Å². The zero-order valence-corrected chi connectivity index (χ0v) is 23.4. The molecule has 9 heteroatoms. The molecule has 198 valence electrons. The first-order chi connectivity index (χ1) is 17.3. The van der Waals surface area contributed by atoms with E-state index in [2.05, 4.69) is 17.2 Å². The Hall–Kier alpha value is -3.02. The summed E-state index contributed by atoms with van der Waals surface area (Å²) in [6.45, 7) is 9.62. The zero-order chi connectivity index (χ0) is 27.5. The van der Waals surface area contributed by atoms with E-state index in [4.69, 9.17) is 17.3 Å². The van der Waals surface area contributed by atoms with E-state index in [1.54, 1.807) is 23.1 Å². The van der Waals surface area contributed by atoms with Gasteiger partial charge in [-0.2, -0.15) is 0 Å². The molecular formula is C28H34ClN3O4S. The summed E-state index contributed by atoms with van der Waals surface area (Å²) in [5, 5.41) is 13.5. The Morgan fingerprint density at radius 2 is 1.81 bits per heavy atom. The minimum absolute atomic E-state index is 0.00150. The van der Waals surface area contributed by atoms with Crippen molar-refractivity contribution in [3.63, 3.8) is 0 Å². The summed E-state index contributed by atoms with van der Waals surface area (Å²) in [5.41, 5.74) is 6.68. The highest BCUT2D eigenvalue weighted by Gasteiger charge is 2.35. The van der Waals surface area contributed by atoms with Crippen molar-refractivity contribution in [1.29, 1.82) is 0 Å². The number of aromatic carboxylic acids is 1. The maximum atomic E-state index is 13.9. The van der Waals surface area contributed by atoms with Gasteiger partial charge >= 0.3 is 5.97 Å². The summed E-state index contributed by atoms with van der Waals surface area (Å²) in [7, 11) is 0. The van der Waals surface area contributed by atoms with Crippen LogP contribution in [0.25, 0.3) is 0 Å². The Labute approximate surface area is 227 Å². The van der Waals surface area contributed by atoms with Crippen LogP contribution in [0.1, 0.15) is 85.2 Å². The van der Waals surface area contributed by atoms with Crippen LogP contribution in [-0.2, 0) is 4.79 Å². The number of carboxylic acids is 1. The molecule has 1 fully saturated rings. The van der Waals surface area contributed by atoms with Crippen LogP contribution in [0.2, 0.25) is 5.02 Å². The molecule has 1 aliphatic rings. The number of halogens is 1. The number of hydrogen-bond acceptors (Lipinski definition) is 5. The number of rotatable bonds is 6. The van der Waals surface area contributed by atoms with Crippen LogP contribution in [0.3, 0.4) is 0 Å². The molecule has 0 unspecified atom stereocenters. The number of carbonyl (C=O) groups is 3. The lowest BCUT2D eigenvalue weighted by Crippen LogP contribution is -2.47. The van der Waals surface area contributed by atoms with Gasteiger partial charge in [0.2, 0.25) is 5.91 Å². The Balaban J connectivity index is 2.02. The number of nitrogens with two attached hydrogens (primary N) is 1. The van der Waals surface area contributed by atoms with E-state index in [1.165, 1.54) is 6.07 Å². The molecule has 4 N–H and O–H groups in total. The summed E-state index contributed by atoms with van der Waals surface area (Å²) in [6, 6.07) is 6.09. The number of carboxylic acid groups (broad SMARTS) is 1. The Morgan fingerprint density at radius 1 is 1.16 bits per heavy atom. The summed E-state index contributed by atoms with van der Waals surface area (Å²) in [4.78, 5) is 40.6. The molecule has 7 nitrogen and oxygen atoms in total. The van der Waals surface area contributed by atoms with Gasteiger partial charge in [-0.1, -0.05) is 37.3 Å². The van der Waals surface area contributed by atoms with Gasteiger partial charge in [0.05, 0.1) is 16.1 Å². The highest BCUT2D eigenvalue weighted by Crippen LogP contribution is 2.37. The first-order valence-corrected chi connectivity index (χ1v) is 13.6. The molecule has 1 heterocycles. The van der Waals surface area contributed by atoms with Crippen molar-refractivity contribution in [2.45, 2.75) is 72.4 Å². The van der Waals surface area contributed by atoms with Crippen LogP contribution in [-0.4, -0.2) is 35.0 Å². The number of carbonyl (C=O) groups excluding carboxylic acids is 2. The minimum Gasteiger partial charge on any atom is -0.477 e. The van der Waals surface area contributed by atoms with Crippen molar-refractivity contribution in [1.82, 2.24) is 5.32 Å². The fourth-order valence-corrected chi connectivity index (χ4v) is 5.22. The van der Waals surface area contributed by atoms with Gasteiger partial charge in [-0.25, -0.2) is 4.79 Å². The predicted octanol–water partition coefficient (Wildman–Crippen LogP) is 5.81. The fraction of sp³-hybridized carbons (Fsp3) is 0.464. The number of hydrogen-bond donors (Lipinski definition) is 3. The summed E-state index contributed by atoms with van der Waals surface area (Å²) in [5.74, 6) is 4.58. The van der Waals surface area contributed by atoms with Gasteiger partial charge in [-0.3, -0.25) is 9.59 Å². The normalized spacial score (nSPS) is 17.6. The van der Waals surface area contributed by atoms with Crippen LogP contribution >= 0.6 is 22.9 Å². The van der Waals surface area contributed by atoms with Gasteiger partial charge in [-0.05, 0) is 70.7 Å². The second-order valence-electron chi connectivity index (χ2n) is 10.7. The number of nitrogen functional groups attached to an aromatic ring is 1. The number of anilines is 2. The highest BCUT2D eigenvalue weighted by atomic mass is 35.5. The molecule has 0 bridgehead atoms. The zero-order valence-electron chi connectivity index (χ0n) is 21.9. The molecule has 2 amide bonds. The molecule has 1 aromatic carbocycles. The number of amides is 2. The molecule has 0 radical (unpaired) electrons. The number of nitrogens with zero attached hydrogens (tertiary/aromatic N) is 1. The maximum absolute atomic E-state index is 13.9. The predicted molar refractivity (Wildman–Crippen MR) is 149 cm³/mol.